The molecular weight excluding hydrogens is 174 g/mol. The van der Waals surface area contributed by atoms with Crippen LogP contribution in [0, 0.1) is 5.41 Å². The van der Waals surface area contributed by atoms with Gasteiger partial charge in [-0.25, -0.2) is 0 Å². The second kappa shape index (κ2) is 4.13. The summed E-state index contributed by atoms with van der Waals surface area (Å²) < 4.78 is 0. The lowest BCUT2D eigenvalue weighted by Crippen LogP contribution is -2.23. The van der Waals surface area contributed by atoms with Crippen LogP contribution >= 0.6 is 0 Å². The van der Waals surface area contributed by atoms with Gasteiger partial charge in [-0.1, -0.05) is 13.3 Å². The van der Waals surface area contributed by atoms with Crippen LogP contribution in [0.5, 0.6) is 0 Å². The van der Waals surface area contributed by atoms with E-state index in [1.165, 1.54) is 37.9 Å². The summed E-state index contributed by atoms with van der Waals surface area (Å²) in [7, 11) is 0. The summed E-state index contributed by atoms with van der Waals surface area (Å²) >= 11 is 0. The first-order valence-electron chi connectivity index (χ1n) is 5.54. The highest BCUT2D eigenvalue weighted by Crippen LogP contribution is 2.48. The van der Waals surface area contributed by atoms with E-state index in [1.54, 1.807) is 6.20 Å². The van der Waals surface area contributed by atoms with Gasteiger partial charge in [0.25, 0.3) is 0 Å². The molecule has 78 valence electrons. The van der Waals surface area contributed by atoms with Gasteiger partial charge < -0.3 is 5.32 Å². The number of nitrogens with one attached hydrogen (secondary N) is 2. The van der Waals surface area contributed by atoms with Crippen molar-refractivity contribution in [3.63, 3.8) is 0 Å². The van der Waals surface area contributed by atoms with E-state index in [2.05, 4.69) is 22.4 Å². The molecule has 0 spiro atoms. The molecule has 1 aromatic rings. The Morgan fingerprint density at radius 3 is 3.00 bits per heavy atom. The van der Waals surface area contributed by atoms with Crippen LogP contribution in [0.1, 0.15) is 38.3 Å². The van der Waals surface area contributed by atoms with Crippen molar-refractivity contribution in [1.29, 1.82) is 0 Å². The van der Waals surface area contributed by atoms with Gasteiger partial charge in [0.15, 0.2) is 0 Å². The number of H-pyrrole nitrogens is 1. The van der Waals surface area contributed by atoms with Gasteiger partial charge in [0.2, 0.25) is 0 Å². The molecule has 1 heterocycles. The molecule has 1 aliphatic rings. The normalized spacial score (nSPS) is 18.4. The molecule has 1 fully saturated rings. The van der Waals surface area contributed by atoms with Gasteiger partial charge >= 0.3 is 0 Å². The van der Waals surface area contributed by atoms with E-state index in [4.69, 9.17) is 0 Å². The minimum atomic E-state index is 0.648. The second-order valence-electron chi connectivity index (χ2n) is 4.44. The molecule has 1 saturated carbocycles. The predicted molar refractivity (Wildman–Crippen MR) is 56.9 cm³/mol. The number of rotatable bonds is 6. The quantitative estimate of drug-likeness (QED) is 0.726. The summed E-state index contributed by atoms with van der Waals surface area (Å²) in [6.45, 7) is 4.36. The highest BCUT2D eigenvalue weighted by molar-refractivity contribution is 4.99. The van der Waals surface area contributed by atoms with Crippen molar-refractivity contribution < 1.29 is 0 Å². The maximum absolute atomic E-state index is 3.92. The van der Waals surface area contributed by atoms with Gasteiger partial charge in [0.1, 0.15) is 0 Å². The minimum Gasteiger partial charge on any atom is -0.311 e. The SMILES string of the molecule is CCCC1(CNCc2ccn[nH]2)CC1. The third-order valence-electron chi connectivity index (χ3n) is 3.11. The third kappa shape index (κ3) is 2.35. The topological polar surface area (TPSA) is 40.7 Å². The predicted octanol–water partition coefficient (Wildman–Crippen LogP) is 2.08. The van der Waals surface area contributed by atoms with Crippen LogP contribution < -0.4 is 5.32 Å². The zero-order valence-electron chi connectivity index (χ0n) is 8.84. The van der Waals surface area contributed by atoms with Gasteiger partial charge in [-0.05, 0) is 30.7 Å². The summed E-state index contributed by atoms with van der Waals surface area (Å²) in [6, 6.07) is 2.02. The van der Waals surface area contributed by atoms with Gasteiger partial charge in [0.05, 0.1) is 0 Å². The Labute approximate surface area is 85.3 Å². The molecule has 2 rings (SSSR count). The average molecular weight is 193 g/mol. The number of hydrogen-bond donors (Lipinski definition) is 2. The third-order valence-corrected chi connectivity index (χ3v) is 3.11. The highest BCUT2D eigenvalue weighted by atomic mass is 15.1. The molecule has 0 aromatic carbocycles. The van der Waals surface area contributed by atoms with E-state index in [-0.39, 0.29) is 0 Å². The van der Waals surface area contributed by atoms with Crippen molar-refractivity contribution in [1.82, 2.24) is 15.5 Å². The van der Waals surface area contributed by atoms with Crippen LogP contribution in [0.15, 0.2) is 12.3 Å². The number of nitrogens with zero attached hydrogens (tertiary/aromatic N) is 1. The fourth-order valence-electron chi connectivity index (χ4n) is 2.07. The van der Waals surface area contributed by atoms with Gasteiger partial charge in [-0.15, -0.1) is 0 Å². The maximum atomic E-state index is 3.92. The Morgan fingerprint density at radius 1 is 1.57 bits per heavy atom. The van der Waals surface area contributed by atoms with Crippen molar-refractivity contribution in [2.75, 3.05) is 6.54 Å². The molecule has 1 aromatic heterocycles. The minimum absolute atomic E-state index is 0.648. The van der Waals surface area contributed by atoms with Gasteiger partial charge in [0, 0.05) is 25.0 Å². The molecule has 0 aliphatic heterocycles. The summed E-state index contributed by atoms with van der Waals surface area (Å²) in [5.41, 5.74) is 1.83. The summed E-state index contributed by atoms with van der Waals surface area (Å²) in [5, 5.41) is 10.4. The molecule has 0 unspecified atom stereocenters. The lowest BCUT2D eigenvalue weighted by Gasteiger charge is -2.14. The summed E-state index contributed by atoms with van der Waals surface area (Å²) in [5.74, 6) is 0. The largest absolute Gasteiger partial charge is 0.311 e. The molecule has 2 N–H and O–H groups in total. The van der Waals surface area contributed by atoms with Crippen molar-refractivity contribution in [2.24, 2.45) is 5.41 Å². The highest BCUT2D eigenvalue weighted by Gasteiger charge is 2.40. The Bertz CT molecular complexity index is 262. The number of aromatic nitrogens is 2. The molecule has 0 bridgehead atoms. The first-order valence-corrected chi connectivity index (χ1v) is 5.54. The van der Waals surface area contributed by atoms with Crippen molar-refractivity contribution >= 4 is 0 Å². The molecule has 0 atom stereocenters. The van der Waals surface area contributed by atoms with Crippen LogP contribution in [0.25, 0.3) is 0 Å². The van der Waals surface area contributed by atoms with E-state index in [9.17, 15) is 0 Å². The molecule has 3 heteroatoms. The first-order chi connectivity index (χ1) is 6.85. The van der Waals surface area contributed by atoms with Crippen LogP contribution in [0.4, 0.5) is 0 Å². The fraction of sp³-hybridized carbons (Fsp3) is 0.727. The van der Waals surface area contributed by atoms with Crippen LogP contribution in [0.2, 0.25) is 0 Å². The van der Waals surface area contributed by atoms with E-state index in [0.717, 1.165) is 6.54 Å². The number of hydrogen-bond acceptors (Lipinski definition) is 2. The van der Waals surface area contributed by atoms with Crippen molar-refractivity contribution in [3.8, 4) is 0 Å². The lowest BCUT2D eigenvalue weighted by molar-refractivity contribution is 0.419. The average Bonchev–Trinajstić information content (AvgIpc) is 2.75. The van der Waals surface area contributed by atoms with E-state index < -0.39 is 0 Å². The Hall–Kier alpha value is -0.830. The Kier molecular flexibility index (Phi) is 2.87. The first kappa shape index (κ1) is 9.71. The molecular formula is C11H19N3. The zero-order valence-corrected chi connectivity index (χ0v) is 8.84. The van der Waals surface area contributed by atoms with Crippen LogP contribution in [0.3, 0.4) is 0 Å². The summed E-state index contributed by atoms with van der Waals surface area (Å²) in [4.78, 5) is 0. The number of aromatic amines is 1. The fourth-order valence-corrected chi connectivity index (χ4v) is 2.07. The van der Waals surface area contributed by atoms with Crippen LogP contribution in [-0.2, 0) is 6.54 Å². The summed E-state index contributed by atoms with van der Waals surface area (Å²) in [6.07, 6.45) is 7.32. The molecule has 3 nitrogen and oxygen atoms in total. The second-order valence-corrected chi connectivity index (χ2v) is 4.44. The van der Waals surface area contributed by atoms with E-state index in [1.807, 2.05) is 6.07 Å². The van der Waals surface area contributed by atoms with E-state index >= 15 is 0 Å². The zero-order chi connectivity index (χ0) is 9.86. The smallest absolute Gasteiger partial charge is 0.0490 e. The monoisotopic (exact) mass is 193 g/mol. The lowest BCUT2D eigenvalue weighted by atomic mass is 10.0. The van der Waals surface area contributed by atoms with Gasteiger partial charge in [-0.3, -0.25) is 5.10 Å². The van der Waals surface area contributed by atoms with Crippen molar-refractivity contribution in [2.45, 2.75) is 39.2 Å². The van der Waals surface area contributed by atoms with Gasteiger partial charge in [-0.2, -0.15) is 5.10 Å². The molecule has 1 aliphatic carbocycles. The molecule has 0 radical (unpaired) electrons. The van der Waals surface area contributed by atoms with Crippen LogP contribution in [-0.4, -0.2) is 16.7 Å². The molecule has 0 amide bonds. The maximum Gasteiger partial charge on any atom is 0.0490 e. The molecule has 14 heavy (non-hydrogen) atoms. The molecule has 0 saturated heterocycles. The Morgan fingerprint density at radius 2 is 2.43 bits per heavy atom. The van der Waals surface area contributed by atoms with E-state index in [0.29, 0.717) is 5.41 Å². The standard InChI is InChI=1S/C11H19N3/c1-2-4-11(5-6-11)9-12-8-10-3-7-13-14-10/h3,7,12H,2,4-6,8-9H2,1H3,(H,13,14). The van der Waals surface area contributed by atoms with Crippen molar-refractivity contribution in [3.05, 3.63) is 18.0 Å². The Balaban J connectivity index is 1.68.